The fourth-order valence-electron chi connectivity index (χ4n) is 3.98. The lowest BCUT2D eigenvalue weighted by Gasteiger charge is -2.36. The van der Waals surface area contributed by atoms with Crippen molar-refractivity contribution in [2.45, 2.75) is 12.6 Å². The van der Waals surface area contributed by atoms with Gasteiger partial charge >= 0.3 is 6.18 Å². The lowest BCUT2D eigenvalue weighted by Crippen LogP contribution is -2.49. The topological polar surface area (TPSA) is 78.7 Å². The zero-order valence-corrected chi connectivity index (χ0v) is 15.9. The minimum absolute atomic E-state index is 0.0416. The number of amides is 1. The molecule has 0 unspecified atom stereocenters. The van der Waals surface area contributed by atoms with E-state index in [1.807, 2.05) is 4.90 Å². The summed E-state index contributed by atoms with van der Waals surface area (Å²) in [6.07, 6.45) is -3.76. The van der Waals surface area contributed by atoms with Gasteiger partial charge < -0.3 is 15.1 Å². The van der Waals surface area contributed by atoms with E-state index in [-0.39, 0.29) is 17.2 Å². The number of hydrogen-bond donors (Lipinski definition) is 1. The molecule has 0 atom stereocenters. The van der Waals surface area contributed by atoms with Gasteiger partial charge in [-0.15, -0.1) is 0 Å². The highest BCUT2D eigenvalue weighted by molar-refractivity contribution is 5.94. The molecule has 2 aromatic rings. The number of anilines is 2. The fourth-order valence-corrected chi connectivity index (χ4v) is 3.98. The first kappa shape index (κ1) is 20.0. The highest BCUT2D eigenvalue weighted by Gasteiger charge is 2.32. The maximum absolute atomic E-state index is 12.7. The monoisotopic (exact) mass is 420 g/mol. The number of halogens is 3. The fraction of sp³-hybridized carbons (Fsp3) is 0.350. The summed E-state index contributed by atoms with van der Waals surface area (Å²) in [6, 6.07) is 7.36. The first-order valence-electron chi connectivity index (χ1n) is 9.51. The number of nitro benzene ring substituents is 1. The normalized spacial score (nSPS) is 16.2. The van der Waals surface area contributed by atoms with Gasteiger partial charge in [-0.2, -0.15) is 13.2 Å². The van der Waals surface area contributed by atoms with Gasteiger partial charge in [-0.25, -0.2) is 0 Å². The Morgan fingerprint density at radius 1 is 1.03 bits per heavy atom. The first-order valence-corrected chi connectivity index (χ1v) is 9.51. The van der Waals surface area contributed by atoms with Crippen molar-refractivity contribution >= 4 is 23.0 Å². The molecule has 1 saturated heterocycles. The predicted molar refractivity (Wildman–Crippen MR) is 105 cm³/mol. The van der Waals surface area contributed by atoms with Crippen molar-refractivity contribution < 1.29 is 22.9 Å². The number of carbonyl (C=O) groups excluding carboxylic acids is 1. The molecule has 1 amide bonds. The van der Waals surface area contributed by atoms with Gasteiger partial charge in [0.15, 0.2) is 0 Å². The molecule has 4 rings (SSSR count). The number of rotatable bonds is 3. The Labute approximate surface area is 170 Å². The molecule has 30 heavy (non-hydrogen) atoms. The molecule has 0 saturated carbocycles. The summed E-state index contributed by atoms with van der Waals surface area (Å²) in [7, 11) is 0. The molecule has 0 aromatic heterocycles. The van der Waals surface area contributed by atoms with Crippen molar-refractivity contribution in [3.63, 3.8) is 0 Å². The number of piperazine rings is 1. The van der Waals surface area contributed by atoms with Crippen molar-refractivity contribution in [3.05, 3.63) is 63.2 Å². The van der Waals surface area contributed by atoms with E-state index in [0.29, 0.717) is 38.3 Å². The number of nitrogens with zero attached hydrogens (tertiary/aromatic N) is 3. The molecule has 2 heterocycles. The van der Waals surface area contributed by atoms with E-state index in [9.17, 15) is 28.1 Å². The van der Waals surface area contributed by atoms with Crippen LogP contribution in [0.4, 0.5) is 30.2 Å². The minimum atomic E-state index is -4.45. The quantitative estimate of drug-likeness (QED) is 0.607. The van der Waals surface area contributed by atoms with Crippen LogP contribution in [0.25, 0.3) is 0 Å². The average Bonchev–Trinajstić information content (AvgIpc) is 3.21. The van der Waals surface area contributed by atoms with E-state index in [1.165, 1.54) is 18.2 Å². The SMILES string of the molecule is O=C(c1ccc(C(F)(F)F)cc1)N1CCN(c2c([N+](=O)[O-])ccc3c2CCN3)CC1. The lowest BCUT2D eigenvalue weighted by atomic mass is 10.1. The number of benzene rings is 2. The van der Waals surface area contributed by atoms with E-state index >= 15 is 0 Å². The summed E-state index contributed by atoms with van der Waals surface area (Å²) in [5, 5.41) is 14.7. The smallest absolute Gasteiger partial charge is 0.384 e. The lowest BCUT2D eigenvalue weighted by molar-refractivity contribution is -0.384. The van der Waals surface area contributed by atoms with Gasteiger partial charge in [0.2, 0.25) is 0 Å². The van der Waals surface area contributed by atoms with Crippen LogP contribution in [0, 0.1) is 10.1 Å². The van der Waals surface area contributed by atoms with Crippen LogP contribution in [0.3, 0.4) is 0 Å². The molecule has 0 aliphatic carbocycles. The van der Waals surface area contributed by atoms with Crippen LogP contribution in [0.2, 0.25) is 0 Å². The van der Waals surface area contributed by atoms with Gasteiger partial charge in [0, 0.05) is 55.6 Å². The highest BCUT2D eigenvalue weighted by atomic mass is 19.4. The molecule has 2 aliphatic heterocycles. The van der Waals surface area contributed by atoms with Crippen molar-refractivity contribution in [2.75, 3.05) is 42.9 Å². The predicted octanol–water partition coefficient (Wildman–Crippen LogP) is 3.54. The maximum atomic E-state index is 12.7. The number of nitro groups is 1. The Bertz CT molecular complexity index is 984. The van der Waals surface area contributed by atoms with Crippen LogP contribution >= 0.6 is 0 Å². The molecule has 1 fully saturated rings. The number of hydrogen-bond acceptors (Lipinski definition) is 5. The summed E-state index contributed by atoms with van der Waals surface area (Å²) < 4.78 is 38.1. The Balaban J connectivity index is 1.49. The van der Waals surface area contributed by atoms with E-state index in [0.717, 1.165) is 29.9 Å². The van der Waals surface area contributed by atoms with Crippen molar-refractivity contribution in [2.24, 2.45) is 0 Å². The average molecular weight is 420 g/mol. The van der Waals surface area contributed by atoms with Gasteiger partial charge in [-0.05, 0) is 36.8 Å². The number of carbonyl (C=O) groups is 1. The zero-order chi connectivity index (χ0) is 21.5. The molecule has 2 aliphatic rings. The third-order valence-corrected chi connectivity index (χ3v) is 5.49. The largest absolute Gasteiger partial charge is 0.416 e. The van der Waals surface area contributed by atoms with Crippen LogP contribution in [-0.4, -0.2) is 48.5 Å². The van der Waals surface area contributed by atoms with Gasteiger partial charge in [0.05, 0.1) is 10.5 Å². The molecule has 0 radical (unpaired) electrons. The third kappa shape index (κ3) is 3.64. The highest BCUT2D eigenvalue weighted by Crippen LogP contribution is 2.40. The number of alkyl halides is 3. The van der Waals surface area contributed by atoms with E-state index in [2.05, 4.69) is 5.32 Å². The summed E-state index contributed by atoms with van der Waals surface area (Å²) in [5.74, 6) is -0.349. The summed E-state index contributed by atoms with van der Waals surface area (Å²) >= 11 is 0. The maximum Gasteiger partial charge on any atom is 0.416 e. The molecule has 7 nitrogen and oxygen atoms in total. The Morgan fingerprint density at radius 2 is 1.70 bits per heavy atom. The van der Waals surface area contributed by atoms with Crippen LogP contribution in [0.5, 0.6) is 0 Å². The van der Waals surface area contributed by atoms with Gasteiger partial charge in [-0.3, -0.25) is 14.9 Å². The van der Waals surface area contributed by atoms with Crippen molar-refractivity contribution in [3.8, 4) is 0 Å². The molecule has 10 heteroatoms. The minimum Gasteiger partial charge on any atom is -0.384 e. The molecular formula is C20H19F3N4O3. The molecule has 0 bridgehead atoms. The molecule has 1 N–H and O–H groups in total. The summed E-state index contributed by atoms with van der Waals surface area (Å²) in [5.41, 5.74) is 1.81. The Kier molecular flexibility index (Phi) is 5.00. The van der Waals surface area contributed by atoms with Crippen LogP contribution in [0.15, 0.2) is 36.4 Å². The summed E-state index contributed by atoms with van der Waals surface area (Å²) in [6.45, 7) is 2.19. The Hall–Kier alpha value is -3.30. The zero-order valence-electron chi connectivity index (χ0n) is 15.9. The van der Waals surface area contributed by atoms with Crippen LogP contribution in [-0.2, 0) is 12.6 Å². The first-order chi connectivity index (χ1) is 14.3. The van der Waals surface area contributed by atoms with Gasteiger partial charge in [0.1, 0.15) is 5.69 Å². The molecular weight excluding hydrogens is 401 g/mol. The van der Waals surface area contributed by atoms with E-state index < -0.39 is 16.7 Å². The second-order valence-corrected chi connectivity index (χ2v) is 7.25. The van der Waals surface area contributed by atoms with Crippen molar-refractivity contribution in [1.29, 1.82) is 0 Å². The third-order valence-electron chi connectivity index (χ3n) is 5.49. The van der Waals surface area contributed by atoms with Gasteiger partial charge in [-0.1, -0.05) is 0 Å². The van der Waals surface area contributed by atoms with E-state index in [1.54, 1.807) is 11.0 Å². The molecule has 2 aromatic carbocycles. The number of fused-ring (bicyclic) bond motifs is 1. The standard InChI is InChI=1S/C20H19F3N4O3/c21-20(22,23)14-3-1-13(2-4-14)19(28)26-11-9-25(10-12-26)18-15-7-8-24-16(15)5-6-17(18)27(29)30/h1-6,24H,7-12H2. The van der Waals surface area contributed by atoms with Crippen molar-refractivity contribution in [1.82, 2.24) is 4.90 Å². The second-order valence-electron chi connectivity index (χ2n) is 7.25. The summed E-state index contributed by atoms with van der Waals surface area (Å²) in [4.78, 5) is 27.3. The van der Waals surface area contributed by atoms with Crippen LogP contribution in [0.1, 0.15) is 21.5 Å². The van der Waals surface area contributed by atoms with Gasteiger partial charge in [0.25, 0.3) is 11.6 Å². The molecule has 0 spiro atoms. The van der Waals surface area contributed by atoms with Crippen LogP contribution < -0.4 is 10.2 Å². The number of nitrogens with one attached hydrogen (secondary N) is 1. The van der Waals surface area contributed by atoms with E-state index in [4.69, 9.17) is 0 Å². The molecule has 158 valence electrons. The second kappa shape index (κ2) is 7.51. The Morgan fingerprint density at radius 3 is 2.30 bits per heavy atom.